The van der Waals surface area contributed by atoms with Crippen LogP contribution in [0.1, 0.15) is 32.6 Å². The van der Waals surface area contributed by atoms with Crippen molar-refractivity contribution in [3.05, 3.63) is 12.7 Å². The average Bonchev–Trinajstić information content (AvgIpc) is 2.48. The number of hydrogen-bond acceptors (Lipinski definition) is 3. The van der Waals surface area contributed by atoms with E-state index in [9.17, 15) is 15.5 Å². The summed E-state index contributed by atoms with van der Waals surface area (Å²) in [5.41, 5.74) is -1.02. The zero-order chi connectivity index (χ0) is 12.0. The van der Waals surface area contributed by atoms with Crippen molar-refractivity contribution in [1.29, 1.82) is 5.26 Å². The van der Waals surface area contributed by atoms with Crippen molar-refractivity contribution in [2.45, 2.75) is 44.8 Å². The van der Waals surface area contributed by atoms with Gasteiger partial charge in [-0.05, 0) is 24.7 Å². The molecule has 2 rings (SSSR count). The van der Waals surface area contributed by atoms with E-state index >= 15 is 0 Å². The maximum atomic E-state index is 10.2. The number of hydrogen-bond donors (Lipinski definition) is 2. The molecule has 3 heteroatoms. The normalized spacial score (nSPS) is 51.8. The van der Waals surface area contributed by atoms with Crippen molar-refractivity contribution in [2.24, 2.45) is 16.7 Å². The van der Waals surface area contributed by atoms with Crippen molar-refractivity contribution >= 4 is 0 Å². The highest BCUT2D eigenvalue weighted by Crippen LogP contribution is 2.63. The van der Waals surface area contributed by atoms with Crippen molar-refractivity contribution in [3.63, 3.8) is 0 Å². The molecule has 88 valence electrons. The van der Waals surface area contributed by atoms with Gasteiger partial charge in [-0.1, -0.05) is 19.4 Å². The van der Waals surface area contributed by atoms with Crippen LogP contribution in [0.5, 0.6) is 0 Å². The summed E-state index contributed by atoms with van der Waals surface area (Å²) in [5.74, 6) is -0.185. The maximum Gasteiger partial charge on any atom is 0.0674 e. The molecule has 0 radical (unpaired) electrons. The molecular weight excluding hydrogens is 202 g/mol. The Bertz CT molecular complexity index is 348. The molecule has 0 heterocycles. The number of rotatable bonds is 1. The summed E-state index contributed by atoms with van der Waals surface area (Å²) in [5, 5.41) is 29.7. The highest BCUT2D eigenvalue weighted by atomic mass is 16.3. The summed E-state index contributed by atoms with van der Waals surface area (Å²) in [4.78, 5) is 0. The minimum absolute atomic E-state index is 0.185. The second-order valence-corrected chi connectivity index (χ2v) is 5.40. The van der Waals surface area contributed by atoms with Crippen molar-refractivity contribution in [2.75, 3.05) is 0 Å². The SMILES string of the molecule is C=C[C@@]12[C@H](O)CCC[C@@]1(C)[C@H](C#N)C[C@@H]2O. The van der Waals surface area contributed by atoms with Crippen LogP contribution in [0.25, 0.3) is 0 Å². The van der Waals surface area contributed by atoms with Gasteiger partial charge in [-0.25, -0.2) is 0 Å². The molecule has 2 fully saturated rings. The number of aliphatic hydroxyl groups excluding tert-OH is 2. The van der Waals surface area contributed by atoms with Crippen LogP contribution < -0.4 is 0 Å². The summed E-state index contributed by atoms with van der Waals surface area (Å²) < 4.78 is 0. The molecule has 0 aromatic rings. The Hall–Kier alpha value is -0.850. The Balaban J connectivity index is 2.53. The van der Waals surface area contributed by atoms with Crippen LogP contribution in [-0.4, -0.2) is 22.4 Å². The van der Waals surface area contributed by atoms with Crippen LogP contribution >= 0.6 is 0 Å². The van der Waals surface area contributed by atoms with Crippen LogP contribution in [0.4, 0.5) is 0 Å². The van der Waals surface area contributed by atoms with Crippen LogP contribution in [0.3, 0.4) is 0 Å². The fourth-order valence-corrected chi connectivity index (χ4v) is 3.96. The van der Waals surface area contributed by atoms with Gasteiger partial charge in [-0.2, -0.15) is 5.26 Å². The zero-order valence-corrected chi connectivity index (χ0v) is 9.69. The van der Waals surface area contributed by atoms with Gasteiger partial charge in [0.1, 0.15) is 0 Å². The summed E-state index contributed by atoms with van der Waals surface area (Å²) in [6.45, 7) is 5.82. The average molecular weight is 221 g/mol. The molecule has 5 atom stereocenters. The molecule has 2 aliphatic carbocycles. The summed E-state index contributed by atoms with van der Waals surface area (Å²) in [6.07, 6.45) is 3.42. The van der Waals surface area contributed by atoms with E-state index in [-0.39, 0.29) is 11.3 Å². The summed E-state index contributed by atoms with van der Waals surface area (Å²) in [6, 6.07) is 2.29. The molecule has 0 aromatic carbocycles. The van der Waals surface area contributed by atoms with Gasteiger partial charge in [-0.3, -0.25) is 0 Å². The Kier molecular flexibility index (Phi) is 2.60. The number of nitrogens with zero attached hydrogens (tertiary/aromatic N) is 1. The minimum Gasteiger partial charge on any atom is -0.392 e. The molecule has 2 saturated carbocycles. The van der Waals surface area contributed by atoms with Gasteiger partial charge in [-0.15, -0.1) is 6.58 Å². The monoisotopic (exact) mass is 221 g/mol. The molecule has 0 bridgehead atoms. The predicted octanol–water partition coefficient (Wildman–Crippen LogP) is 1.61. The van der Waals surface area contributed by atoms with Gasteiger partial charge < -0.3 is 10.2 Å². The quantitative estimate of drug-likeness (QED) is 0.661. The van der Waals surface area contributed by atoms with E-state index in [2.05, 4.69) is 12.6 Å². The fraction of sp³-hybridized carbons (Fsp3) is 0.769. The second kappa shape index (κ2) is 3.58. The third kappa shape index (κ3) is 1.09. The maximum absolute atomic E-state index is 10.2. The lowest BCUT2D eigenvalue weighted by Gasteiger charge is -2.51. The number of nitriles is 1. The predicted molar refractivity (Wildman–Crippen MR) is 60.3 cm³/mol. The molecule has 16 heavy (non-hydrogen) atoms. The summed E-state index contributed by atoms with van der Waals surface area (Å²) in [7, 11) is 0. The molecule has 0 unspecified atom stereocenters. The van der Waals surface area contributed by atoms with E-state index in [1.165, 1.54) is 0 Å². The second-order valence-electron chi connectivity index (χ2n) is 5.40. The molecular formula is C13H19NO2. The van der Waals surface area contributed by atoms with E-state index in [0.29, 0.717) is 12.8 Å². The van der Waals surface area contributed by atoms with Crippen LogP contribution in [0.15, 0.2) is 12.7 Å². The van der Waals surface area contributed by atoms with Crippen molar-refractivity contribution in [3.8, 4) is 6.07 Å². The van der Waals surface area contributed by atoms with Crippen LogP contribution in [0.2, 0.25) is 0 Å². The lowest BCUT2D eigenvalue weighted by atomic mass is 9.54. The minimum atomic E-state index is -0.689. The molecule has 0 spiro atoms. The van der Waals surface area contributed by atoms with Gasteiger partial charge in [0, 0.05) is 5.41 Å². The Labute approximate surface area is 96.4 Å². The van der Waals surface area contributed by atoms with Crippen molar-refractivity contribution in [1.82, 2.24) is 0 Å². The van der Waals surface area contributed by atoms with E-state index in [1.807, 2.05) is 6.92 Å². The first-order valence-electron chi connectivity index (χ1n) is 5.92. The molecule has 2 aliphatic rings. The third-order valence-electron chi connectivity index (χ3n) is 4.99. The van der Waals surface area contributed by atoms with Gasteiger partial charge in [0.2, 0.25) is 0 Å². The Morgan fingerprint density at radius 3 is 2.69 bits per heavy atom. The van der Waals surface area contributed by atoms with E-state index < -0.39 is 17.6 Å². The lowest BCUT2D eigenvalue weighted by Crippen LogP contribution is -2.53. The van der Waals surface area contributed by atoms with Crippen molar-refractivity contribution < 1.29 is 10.2 Å². The molecule has 0 aromatic heterocycles. The van der Waals surface area contributed by atoms with Gasteiger partial charge in [0.15, 0.2) is 0 Å². The highest BCUT2D eigenvalue weighted by Gasteiger charge is 2.65. The number of aliphatic hydroxyl groups is 2. The fourth-order valence-electron chi connectivity index (χ4n) is 3.96. The summed E-state index contributed by atoms with van der Waals surface area (Å²) >= 11 is 0. The highest BCUT2D eigenvalue weighted by molar-refractivity contribution is 5.24. The lowest BCUT2D eigenvalue weighted by molar-refractivity contribution is -0.107. The zero-order valence-electron chi connectivity index (χ0n) is 9.69. The van der Waals surface area contributed by atoms with Gasteiger partial charge >= 0.3 is 0 Å². The molecule has 0 amide bonds. The van der Waals surface area contributed by atoms with Gasteiger partial charge in [0.25, 0.3) is 0 Å². The van der Waals surface area contributed by atoms with Crippen LogP contribution in [0, 0.1) is 28.1 Å². The first-order chi connectivity index (χ1) is 7.53. The van der Waals surface area contributed by atoms with E-state index in [4.69, 9.17) is 0 Å². The standard InChI is InChI=1S/C13H19NO2/c1-3-13-10(15)5-4-6-12(13,2)9(8-14)7-11(13)16/h3,9-11,15-16H,1,4-7H2,2H3/t9-,10+,11-,12-,13-/m0/s1. The first kappa shape index (κ1) is 11.6. The van der Waals surface area contributed by atoms with E-state index in [0.717, 1.165) is 12.8 Å². The van der Waals surface area contributed by atoms with Crippen LogP contribution in [-0.2, 0) is 0 Å². The smallest absolute Gasteiger partial charge is 0.0674 e. The van der Waals surface area contributed by atoms with Gasteiger partial charge in [0.05, 0.1) is 24.2 Å². The molecule has 2 N–H and O–H groups in total. The topological polar surface area (TPSA) is 64.2 Å². The molecule has 3 nitrogen and oxygen atoms in total. The first-order valence-corrected chi connectivity index (χ1v) is 5.92. The Morgan fingerprint density at radius 2 is 2.12 bits per heavy atom. The third-order valence-corrected chi connectivity index (χ3v) is 4.99. The molecule has 0 aliphatic heterocycles. The number of fused-ring (bicyclic) bond motifs is 1. The molecule has 0 saturated heterocycles. The van der Waals surface area contributed by atoms with E-state index in [1.54, 1.807) is 6.08 Å². The Morgan fingerprint density at radius 1 is 1.44 bits per heavy atom. The largest absolute Gasteiger partial charge is 0.392 e.